The average molecular weight is 355 g/mol. The maximum absolute atomic E-state index is 11.7. The molecule has 7 heteroatoms. The molecule has 1 fully saturated rings. The standard InChI is InChI=1S/C19H26N6O/c1-12(2)25-19(20)18(13(3)23-25)22-16-8-7-15(24-9-5-6-10-24)11-17(16)21-14(4)26/h7-8,11,22-23H,3,5-6,9-10,20H2,1-2,4H3/p+1. The van der Waals surface area contributed by atoms with Crippen molar-refractivity contribution in [3.63, 3.8) is 0 Å². The third-order valence-electron chi connectivity index (χ3n) is 4.54. The normalized spacial score (nSPS) is 13.7. The van der Waals surface area contributed by atoms with Gasteiger partial charge in [0, 0.05) is 25.7 Å². The smallest absolute Gasteiger partial charge is 0.322 e. The molecule has 0 saturated carbocycles. The molecule has 5 N–H and O–H groups in total. The minimum atomic E-state index is -0.115. The van der Waals surface area contributed by atoms with Crippen molar-refractivity contribution in [3.05, 3.63) is 29.3 Å². The van der Waals surface area contributed by atoms with Crippen LogP contribution in [-0.2, 0) is 4.79 Å². The highest BCUT2D eigenvalue weighted by Crippen LogP contribution is 2.31. The van der Waals surface area contributed by atoms with Gasteiger partial charge >= 0.3 is 5.82 Å². The lowest BCUT2D eigenvalue weighted by atomic mass is 10.2. The van der Waals surface area contributed by atoms with E-state index in [4.69, 9.17) is 5.73 Å². The Balaban J connectivity index is 2.00. The number of aromatic amines is 1. The van der Waals surface area contributed by atoms with E-state index < -0.39 is 0 Å². The zero-order valence-electron chi connectivity index (χ0n) is 15.6. The number of rotatable bonds is 4. The first-order valence-electron chi connectivity index (χ1n) is 8.86. The third-order valence-corrected chi connectivity index (χ3v) is 4.54. The van der Waals surface area contributed by atoms with Gasteiger partial charge in [-0.05, 0) is 44.9 Å². The van der Waals surface area contributed by atoms with Crippen LogP contribution in [0.3, 0.4) is 0 Å². The van der Waals surface area contributed by atoms with Gasteiger partial charge in [-0.15, -0.1) is 4.36 Å². The SMILES string of the molecule is C=c1[nH][n+](=C(C)C)c(N)c1Nc1ccc(N2CCCC2)cc1NC(C)=O. The first kappa shape index (κ1) is 17.8. The molecule has 1 aromatic carbocycles. The Kier molecular flexibility index (Phi) is 4.88. The predicted octanol–water partition coefficient (Wildman–Crippen LogP) is 2.02. The van der Waals surface area contributed by atoms with Crippen LogP contribution in [0, 0.1) is 5.71 Å². The second-order valence-corrected chi connectivity index (χ2v) is 6.86. The highest BCUT2D eigenvalue weighted by molar-refractivity contribution is 5.94. The van der Waals surface area contributed by atoms with Gasteiger partial charge in [0.1, 0.15) is 5.71 Å². The van der Waals surface area contributed by atoms with Gasteiger partial charge in [0.15, 0.2) is 5.69 Å². The van der Waals surface area contributed by atoms with Crippen LogP contribution in [0.25, 0.3) is 6.58 Å². The zero-order valence-corrected chi connectivity index (χ0v) is 15.6. The molecule has 0 unspecified atom stereocenters. The summed E-state index contributed by atoms with van der Waals surface area (Å²) in [5, 5.41) is 10.1. The molecular weight excluding hydrogens is 328 g/mol. The van der Waals surface area contributed by atoms with Crippen LogP contribution < -0.4 is 31.0 Å². The number of benzene rings is 1. The number of nitrogens with one attached hydrogen (secondary N) is 3. The van der Waals surface area contributed by atoms with E-state index in [1.54, 1.807) is 4.36 Å². The molecule has 0 radical (unpaired) electrons. The summed E-state index contributed by atoms with van der Waals surface area (Å²) in [6, 6.07) is 6.04. The topological polar surface area (TPSA) is 92.1 Å². The monoisotopic (exact) mass is 355 g/mol. The van der Waals surface area contributed by atoms with E-state index in [-0.39, 0.29) is 5.91 Å². The molecule has 1 amide bonds. The molecule has 1 saturated heterocycles. The van der Waals surface area contributed by atoms with Crippen molar-refractivity contribution in [1.82, 2.24) is 5.10 Å². The van der Waals surface area contributed by atoms with Gasteiger partial charge in [-0.25, -0.2) is 5.10 Å². The second-order valence-electron chi connectivity index (χ2n) is 6.86. The van der Waals surface area contributed by atoms with Crippen molar-refractivity contribution >= 4 is 41.1 Å². The fourth-order valence-electron chi connectivity index (χ4n) is 3.25. The van der Waals surface area contributed by atoms with E-state index in [0.717, 1.165) is 35.9 Å². The highest BCUT2D eigenvalue weighted by Gasteiger charge is 2.18. The quantitative estimate of drug-likeness (QED) is 0.632. The second kappa shape index (κ2) is 7.11. The first-order chi connectivity index (χ1) is 12.4. The summed E-state index contributed by atoms with van der Waals surface area (Å²) in [6.45, 7) is 11.5. The van der Waals surface area contributed by atoms with Gasteiger partial charge in [-0.1, -0.05) is 6.58 Å². The van der Waals surface area contributed by atoms with Crippen LogP contribution in [0.5, 0.6) is 0 Å². The van der Waals surface area contributed by atoms with Gasteiger partial charge in [-0.2, -0.15) is 0 Å². The predicted molar refractivity (Wildman–Crippen MR) is 106 cm³/mol. The number of aromatic nitrogens is 2. The lowest BCUT2D eigenvalue weighted by molar-refractivity contribution is -0.571. The van der Waals surface area contributed by atoms with Gasteiger partial charge < -0.3 is 15.5 Å². The lowest BCUT2D eigenvalue weighted by Gasteiger charge is -2.20. The summed E-state index contributed by atoms with van der Waals surface area (Å²) in [4.78, 5) is 14.0. The summed E-state index contributed by atoms with van der Waals surface area (Å²) in [5.41, 5.74) is 10.6. The Morgan fingerprint density at radius 3 is 2.50 bits per heavy atom. The molecule has 138 valence electrons. The lowest BCUT2D eigenvalue weighted by Crippen LogP contribution is -2.27. The number of nitrogen functional groups attached to an aromatic ring is 1. The number of anilines is 5. The maximum Gasteiger partial charge on any atom is 0.322 e. The van der Waals surface area contributed by atoms with E-state index in [9.17, 15) is 4.79 Å². The fraction of sp³-hybridized carbons (Fsp3) is 0.368. The Morgan fingerprint density at radius 2 is 1.92 bits per heavy atom. The molecule has 0 atom stereocenters. The van der Waals surface area contributed by atoms with Crippen molar-refractivity contribution in [2.24, 2.45) is 0 Å². The Hall–Kier alpha value is -2.96. The molecule has 0 spiro atoms. The van der Waals surface area contributed by atoms with Crippen molar-refractivity contribution in [1.29, 1.82) is 0 Å². The summed E-state index contributed by atoms with van der Waals surface area (Å²) in [7, 11) is 0. The van der Waals surface area contributed by atoms with Gasteiger partial charge in [-0.3, -0.25) is 10.5 Å². The van der Waals surface area contributed by atoms with E-state index in [1.165, 1.54) is 19.8 Å². The number of H-pyrrole nitrogens is 1. The number of nitrogens with two attached hydrogens (primary N) is 1. The van der Waals surface area contributed by atoms with Crippen LogP contribution in [0.15, 0.2) is 18.2 Å². The summed E-state index contributed by atoms with van der Waals surface area (Å²) in [6.07, 6.45) is 2.40. The van der Waals surface area contributed by atoms with Gasteiger partial charge in [0.05, 0.1) is 16.7 Å². The molecule has 0 aliphatic carbocycles. The minimum absolute atomic E-state index is 0.115. The van der Waals surface area contributed by atoms with Crippen LogP contribution >= 0.6 is 0 Å². The van der Waals surface area contributed by atoms with Crippen molar-refractivity contribution in [3.8, 4) is 0 Å². The number of hydrogen-bond donors (Lipinski definition) is 4. The Labute approximate surface area is 153 Å². The highest BCUT2D eigenvalue weighted by atomic mass is 16.1. The molecular formula is C19H27N6O+. The molecule has 2 aromatic rings. The third kappa shape index (κ3) is 3.51. The van der Waals surface area contributed by atoms with Gasteiger partial charge in [0.2, 0.25) is 5.91 Å². The molecule has 26 heavy (non-hydrogen) atoms. The summed E-state index contributed by atoms with van der Waals surface area (Å²) < 4.78 is 1.78. The van der Waals surface area contributed by atoms with Crippen molar-refractivity contribution in [2.75, 3.05) is 34.4 Å². The van der Waals surface area contributed by atoms with E-state index in [2.05, 4.69) is 33.3 Å². The molecule has 1 aliphatic rings. The molecule has 2 heterocycles. The molecule has 7 nitrogen and oxygen atoms in total. The largest absolute Gasteiger partial charge is 0.371 e. The van der Waals surface area contributed by atoms with E-state index in [1.807, 2.05) is 26.0 Å². The minimum Gasteiger partial charge on any atom is -0.371 e. The maximum atomic E-state index is 11.7. The summed E-state index contributed by atoms with van der Waals surface area (Å²) in [5.74, 6) is 0.434. The Bertz CT molecular complexity index is 936. The van der Waals surface area contributed by atoms with Gasteiger partial charge in [0.25, 0.3) is 0 Å². The zero-order chi connectivity index (χ0) is 18.8. The molecule has 1 aromatic heterocycles. The van der Waals surface area contributed by atoms with Crippen LogP contribution in [-0.4, -0.2) is 24.1 Å². The van der Waals surface area contributed by atoms with E-state index >= 15 is 0 Å². The van der Waals surface area contributed by atoms with E-state index in [0.29, 0.717) is 16.9 Å². The summed E-state index contributed by atoms with van der Waals surface area (Å²) >= 11 is 0. The van der Waals surface area contributed by atoms with Crippen LogP contribution in [0.1, 0.15) is 33.6 Å². The molecule has 0 bridgehead atoms. The fourth-order valence-corrected chi connectivity index (χ4v) is 3.25. The molecule has 3 rings (SSSR count). The average Bonchev–Trinajstić information content (AvgIpc) is 3.19. The van der Waals surface area contributed by atoms with Crippen LogP contribution in [0.4, 0.5) is 28.6 Å². The Morgan fingerprint density at radius 1 is 1.23 bits per heavy atom. The van der Waals surface area contributed by atoms with Crippen LogP contribution in [0.2, 0.25) is 0 Å². The number of amides is 1. The number of nitrogens with zero attached hydrogens (tertiary/aromatic N) is 2. The first-order valence-corrected chi connectivity index (χ1v) is 8.86. The number of hydrogen-bond acceptors (Lipinski definition) is 4. The van der Waals surface area contributed by atoms with Crippen molar-refractivity contribution in [2.45, 2.75) is 33.6 Å². The number of carbonyl (C=O) groups is 1. The number of carbonyl (C=O) groups excluding carboxylic acids is 1. The molecule has 1 aliphatic heterocycles. The van der Waals surface area contributed by atoms with Crippen molar-refractivity contribution < 1.29 is 9.15 Å².